The van der Waals surface area contributed by atoms with Crippen molar-refractivity contribution in [2.45, 2.75) is 97.2 Å². The number of nitrogens with one attached hydrogen (secondary N) is 2. The van der Waals surface area contributed by atoms with Gasteiger partial charge in [0, 0.05) is 18.7 Å². The van der Waals surface area contributed by atoms with Gasteiger partial charge in [0.05, 0.1) is 23.9 Å². The molecule has 2 unspecified atom stereocenters. The molecule has 3 N–H and O–H groups in total. The van der Waals surface area contributed by atoms with E-state index in [0.29, 0.717) is 42.2 Å². The van der Waals surface area contributed by atoms with E-state index in [1.807, 2.05) is 33.8 Å². The standard InChI is InChI=1S/C28H44N4O4/c1-17(2)9-23(33)31-27(5,6)7-8-32-26(36-16-18(3)4)22(15-29-32)25(34)30-24-20-10-19-11-21(24)14-28(35,12-19)13-20/h7-8,15,17-21,24,35H,9-14,16H2,1-6H3,(H,30,34)(H,31,33)/b8-7+/t19?,20?,21?,24-,28-. The summed E-state index contributed by atoms with van der Waals surface area (Å²) in [6, 6.07) is 0.0845. The van der Waals surface area contributed by atoms with Crippen LogP contribution in [0.25, 0.3) is 6.20 Å². The Kier molecular flexibility index (Phi) is 7.56. The zero-order chi connectivity index (χ0) is 26.3. The van der Waals surface area contributed by atoms with Crippen molar-refractivity contribution in [3.8, 4) is 5.88 Å². The summed E-state index contributed by atoms with van der Waals surface area (Å²) < 4.78 is 7.65. The van der Waals surface area contributed by atoms with Crippen molar-refractivity contribution in [3.05, 3.63) is 17.8 Å². The minimum absolute atomic E-state index is 0.00297. The highest BCUT2D eigenvalue weighted by Gasteiger charge is 2.55. The van der Waals surface area contributed by atoms with Crippen LogP contribution in [-0.2, 0) is 4.79 Å². The molecule has 0 spiro atoms. The number of carbonyl (C=O) groups is 2. The fourth-order valence-electron chi connectivity index (χ4n) is 6.53. The van der Waals surface area contributed by atoms with Crippen LogP contribution < -0.4 is 15.4 Å². The maximum absolute atomic E-state index is 13.5. The van der Waals surface area contributed by atoms with Crippen molar-refractivity contribution >= 4 is 18.0 Å². The van der Waals surface area contributed by atoms with Gasteiger partial charge in [-0.3, -0.25) is 9.59 Å². The second kappa shape index (κ2) is 10.2. The maximum atomic E-state index is 13.5. The number of amides is 2. The van der Waals surface area contributed by atoms with Crippen LogP contribution in [-0.4, -0.2) is 50.5 Å². The maximum Gasteiger partial charge on any atom is 0.258 e. The van der Waals surface area contributed by atoms with Gasteiger partial charge < -0.3 is 20.5 Å². The van der Waals surface area contributed by atoms with E-state index in [9.17, 15) is 14.7 Å². The summed E-state index contributed by atoms with van der Waals surface area (Å²) in [5, 5.41) is 21.6. The molecular formula is C28H44N4O4. The summed E-state index contributed by atoms with van der Waals surface area (Å²) in [5.74, 6) is 2.03. The first-order chi connectivity index (χ1) is 16.8. The number of hydrogen-bond acceptors (Lipinski definition) is 5. The monoisotopic (exact) mass is 500 g/mol. The minimum Gasteiger partial charge on any atom is -0.477 e. The summed E-state index contributed by atoms with van der Waals surface area (Å²) in [7, 11) is 0. The van der Waals surface area contributed by atoms with E-state index < -0.39 is 11.1 Å². The van der Waals surface area contributed by atoms with Gasteiger partial charge in [0.15, 0.2) is 0 Å². The SMILES string of the molecule is CC(C)COc1c(C(=O)N[C@H]2C3CC4CC2C[C@](O)(C4)C3)cnn1/C=C/C(C)(C)NC(=O)CC(C)C. The predicted molar refractivity (Wildman–Crippen MR) is 139 cm³/mol. The molecule has 4 fully saturated rings. The van der Waals surface area contributed by atoms with E-state index in [2.05, 4.69) is 29.6 Å². The Morgan fingerprint density at radius 3 is 2.44 bits per heavy atom. The van der Waals surface area contributed by atoms with Crippen LogP contribution in [0, 0.1) is 29.6 Å². The third-order valence-electron chi connectivity index (χ3n) is 7.77. The van der Waals surface area contributed by atoms with Crippen LogP contribution in [0.15, 0.2) is 12.3 Å². The molecule has 4 aliphatic rings. The van der Waals surface area contributed by atoms with Gasteiger partial charge >= 0.3 is 0 Å². The number of hydrogen-bond donors (Lipinski definition) is 3. The second-order valence-corrected chi connectivity index (χ2v) is 12.9. The lowest BCUT2D eigenvalue weighted by Crippen LogP contribution is -2.61. The number of aliphatic hydroxyl groups is 1. The molecule has 36 heavy (non-hydrogen) atoms. The second-order valence-electron chi connectivity index (χ2n) is 12.9. The number of ether oxygens (including phenoxy) is 1. The first-order valence-electron chi connectivity index (χ1n) is 13.6. The molecule has 0 saturated heterocycles. The van der Waals surface area contributed by atoms with E-state index in [4.69, 9.17) is 4.74 Å². The molecule has 0 aromatic carbocycles. The summed E-state index contributed by atoms with van der Waals surface area (Å²) in [6.45, 7) is 12.5. The Balaban J connectivity index is 1.49. The molecule has 8 heteroatoms. The van der Waals surface area contributed by atoms with Crippen LogP contribution in [0.4, 0.5) is 0 Å². The third-order valence-corrected chi connectivity index (χ3v) is 7.77. The summed E-state index contributed by atoms with van der Waals surface area (Å²) in [4.78, 5) is 25.7. The highest BCUT2D eigenvalue weighted by Crippen LogP contribution is 2.55. The molecule has 0 radical (unpaired) electrons. The van der Waals surface area contributed by atoms with E-state index in [0.717, 1.165) is 32.1 Å². The van der Waals surface area contributed by atoms with E-state index in [1.165, 1.54) is 0 Å². The lowest BCUT2D eigenvalue weighted by molar-refractivity contribution is -0.137. The highest BCUT2D eigenvalue weighted by atomic mass is 16.5. The van der Waals surface area contributed by atoms with Gasteiger partial charge in [0.2, 0.25) is 11.8 Å². The Morgan fingerprint density at radius 2 is 1.86 bits per heavy atom. The van der Waals surface area contributed by atoms with Crippen LogP contribution in [0.1, 0.15) is 90.4 Å². The molecule has 4 aliphatic carbocycles. The molecule has 2 atom stereocenters. The van der Waals surface area contributed by atoms with Crippen molar-refractivity contribution in [1.29, 1.82) is 0 Å². The van der Waals surface area contributed by atoms with Crippen molar-refractivity contribution in [3.63, 3.8) is 0 Å². The lowest BCUT2D eigenvalue weighted by Gasteiger charge is -2.58. The van der Waals surface area contributed by atoms with E-state index in [1.54, 1.807) is 17.1 Å². The fraction of sp³-hybridized carbons (Fsp3) is 0.750. The largest absolute Gasteiger partial charge is 0.477 e. The fourth-order valence-corrected chi connectivity index (χ4v) is 6.53. The number of carbonyl (C=O) groups excluding carboxylic acids is 2. The Morgan fingerprint density at radius 1 is 1.19 bits per heavy atom. The Labute approximate surface area is 215 Å². The van der Waals surface area contributed by atoms with Crippen LogP contribution in [0.3, 0.4) is 0 Å². The molecule has 1 heterocycles. The topological polar surface area (TPSA) is 105 Å². The third kappa shape index (κ3) is 6.13. The quantitative estimate of drug-likeness (QED) is 0.450. The van der Waals surface area contributed by atoms with Gasteiger partial charge in [-0.15, -0.1) is 0 Å². The van der Waals surface area contributed by atoms with Crippen molar-refractivity contribution in [2.75, 3.05) is 6.61 Å². The smallest absolute Gasteiger partial charge is 0.258 e. The molecule has 0 aliphatic heterocycles. The molecular weight excluding hydrogens is 456 g/mol. The molecule has 200 valence electrons. The number of rotatable bonds is 10. The zero-order valence-electron chi connectivity index (χ0n) is 22.7. The Bertz CT molecular complexity index is 980. The van der Waals surface area contributed by atoms with Crippen LogP contribution in [0.2, 0.25) is 0 Å². The van der Waals surface area contributed by atoms with E-state index >= 15 is 0 Å². The normalized spacial score (nSPS) is 29.4. The number of nitrogens with zero attached hydrogens (tertiary/aromatic N) is 2. The molecule has 4 saturated carbocycles. The van der Waals surface area contributed by atoms with Gasteiger partial charge in [-0.2, -0.15) is 5.10 Å². The molecule has 2 amide bonds. The molecule has 4 bridgehead atoms. The average molecular weight is 501 g/mol. The van der Waals surface area contributed by atoms with Gasteiger partial charge in [-0.05, 0) is 81.6 Å². The van der Waals surface area contributed by atoms with Crippen molar-refractivity contribution < 1.29 is 19.4 Å². The van der Waals surface area contributed by atoms with Gasteiger partial charge in [-0.25, -0.2) is 4.68 Å². The molecule has 1 aromatic heterocycles. The minimum atomic E-state index is -0.587. The van der Waals surface area contributed by atoms with Gasteiger partial charge in [0.25, 0.3) is 5.91 Å². The van der Waals surface area contributed by atoms with Gasteiger partial charge in [0.1, 0.15) is 5.56 Å². The average Bonchev–Trinajstić information content (AvgIpc) is 3.14. The molecule has 1 aromatic rings. The molecule has 5 rings (SSSR count). The Hall–Kier alpha value is -2.35. The first kappa shape index (κ1) is 26.7. The van der Waals surface area contributed by atoms with Crippen molar-refractivity contribution in [2.24, 2.45) is 29.6 Å². The number of aromatic nitrogens is 2. The van der Waals surface area contributed by atoms with Crippen LogP contribution >= 0.6 is 0 Å². The molecule has 8 nitrogen and oxygen atoms in total. The highest BCUT2D eigenvalue weighted by molar-refractivity contribution is 5.96. The summed E-state index contributed by atoms with van der Waals surface area (Å²) in [5.41, 5.74) is -0.707. The van der Waals surface area contributed by atoms with E-state index in [-0.39, 0.29) is 29.7 Å². The predicted octanol–water partition coefficient (Wildman–Crippen LogP) is 4.00. The zero-order valence-corrected chi connectivity index (χ0v) is 22.7. The van der Waals surface area contributed by atoms with Crippen molar-refractivity contribution in [1.82, 2.24) is 20.4 Å². The van der Waals surface area contributed by atoms with Gasteiger partial charge in [-0.1, -0.05) is 27.7 Å². The lowest BCUT2D eigenvalue weighted by atomic mass is 9.52. The van der Waals surface area contributed by atoms with Crippen LogP contribution in [0.5, 0.6) is 5.88 Å². The summed E-state index contributed by atoms with van der Waals surface area (Å²) >= 11 is 0. The first-order valence-corrected chi connectivity index (χ1v) is 13.6. The summed E-state index contributed by atoms with van der Waals surface area (Å²) in [6.07, 6.45) is 10.3.